The van der Waals surface area contributed by atoms with E-state index in [9.17, 15) is 14.9 Å². The van der Waals surface area contributed by atoms with Crippen molar-refractivity contribution in [2.75, 3.05) is 0 Å². The highest BCUT2D eigenvalue weighted by molar-refractivity contribution is 6.01. The first-order valence-corrected chi connectivity index (χ1v) is 5.76. The molecule has 1 unspecified atom stereocenters. The molecule has 0 aliphatic heterocycles. The highest BCUT2D eigenvalue weighted by Crippen LogP contribution is 2.23. The molecule has 0 saturated carbocycles. The third-order valence-electron chi connectivity index (χ3n) is 2.86. The lowest BCUT2D eigenvalue weighted by molar-refractivity contribution is -0.384. The molecule has 0 fully saturated rings. The normalized spacial score (nSPS) is 11.8. The summed E-state index contributed by atoms with van der Waals surface area (Å²) in [6, 6.07) is 14.8. The van der Waals surface area contributed by atoms with Crippen LogP contribution in [0.3, 0.4) is 0 Å². The lowest BCUT2D eigenvalue weighted by Gasteiger charge is -2.10. The molecule has 19 heavy (non-hydrogen) atoms. The topological polar surface area (TPSA) is 60.2 Å². The van der Waals surface area contributed by atoms with Crippen molar-refractivity contribution in [3.8, 4) is 0 Å². The zero-order valence-electron chi connectivity index (χ0n) is 10.2. The molecule has 0 spiro atoms. The first-order valence-electron chi connectivity index (χ1n) is 5.76. The molecule has 1 radical (unpaired) electrons. The van der Waals surface area contributed by atoms with E-state index in [2.05, 4.69) is 6.92 Å². The Morgan fingerprint density at radius 3 is 2.42 bits per heavy atom. The molecule has 0 saturated heterocycles. The number of rotatable bonds is 4. The van der Waals surface area contributed by atoms with E-state index in [1.165, 1.54) is 12.1 Å². The van der Waals surface area contributed by atoms with Crippen molar-refractivity contribution in [2.45, 2.75) is 5.92 Å². The molecule has 0 aliphatic carbocycles. The van der Waals surface area contributed by atoms with Crippen LogP contribution in [0.2, 0.25) is 0 Å². The summed E-state index contributed by atoms with van der Waals surface area (Å²) in [7, 11) is 0. The van der Waals surface area contributed by atoms with Gasteiger partial charge in [0.2, 0.25) is 0 Å². The summed E-state index contributed by atoms with van der Waals surface area (Å²) in [6.45, 7) is 3.81. The number of nitro groups is 1. The first-order chi connectivity index (χ1) is 9.09. The second-order valence-corrected chi connectivity index (χ2v) is 4.13. The van der Waals surface area contributed by atoms with Crippen molar-refractivity contribution in [3.63, 3.8) is 0 Å². The Morgan fingerprint density at radius 2 is 1.79 bits per heavy atom. The van der Waals surface area contributed by atoms with Crippen LogP contribution in [0.1, 0.15) is 21.8 Å². The summed E-state index contributed by atoms with van der Waals surface area (Å²) in [4.78, 5) is 22.4. The fourth-order valence-electron chi connectivity index (χ4n) is 1.81. The van der Waals surface area contributed by atoms with Crippen LogP contribution in [0.5, 0.6) is 0 Å². The minimum absolute atomic E-state index is 0.0352. The Hall–Kier alpha value is -2.49. The summed E-state index contributed by atoms with van der Waals surface area (Å²) in [5.41, 5.74) is 1.06. The highest BCUT2D eigenvalue weighted by Gasteiger charge is 2.19. The van der Waals surface area contributed by atoms with E-state index in [4.69, 9.17) is 0 Å². The molecule has 0 heterocycles. The fourth-order valence-corrected chi connectivity index (χ4v) is 1.81. The van der Waals surface area contributed by atoms with Gasteiger partial charge in [-0.25, -0.2) is 0 Å². The maximum atomic E-state index is 12.2. The Bertz CT molecular complexity index is 608. The summed E-state index contributed by atoms with van der Waals surface area (Å²) in [5, 5.41) is 10.7. The van der Waals surface area contributed by atoms with Crippen molar-refractivity contribution in [1.29, 1.82) is 0 Å². The maximum absolute atomic E-state index is 12.2. The van der Waals surface area contributed by atoms with Gasteiger partial charge in [-0.15, -0.1) is 0 Å². The first kappa shape index (κ1) is 13.0. The predicted octanol–water partition coefficient (Wildman–Crippen LogP) is 3.40. The van der Waals surface area contributed by atoms with Gasteiger partial charge in [-0.05, 0) is 12.5 Å². The van der Waals surface area contributed by atoms with Crippen molar-refractivity contribution in [2.24, 2.45) is 0 Å². The van der Waals surface area contributed by atoms with Gasteiger partial charge in [-0.3, -0.25) is 14.9 Å². The molecule has 0 N–H and O–H groups in total. The number of Topliss-reactive ketones (excluding diaryl/α,β-unsaturated/α-hetero) is 1. The minimum Gasteiger partial charge on any atom is -0.293 e. The number of benzene rings is 2. The molecule has 0 bridgehead atoms. The molecule has 4 heteroatoms. The maximum Gasteiger partial charge on any atom is 0.269 e. The van der Waals surface area contributed by atoms with E-state index < -0.39 is 10.8 Å². The molecule has 2 aromatic rings. The molecule has 1 atom stereocenters. The Labute approximate surface area is 110 Å². The molecular weight excluding hydrogens is 242 g/mol. The molecule has 0 amide bonds. The molecule has 0 aromatic heterocycles. The number of nitro benzene ring substituents is 1. The van der Waals surface area contributed by atoms with Gasteiger partial charge in [0.1, 0.15) is 0 Å². The van der Waals surface area contributed by atoms with Gasteiger partial charge in [-0.2, -0.15) is 0 Å². The average Bonchev–Trinajstić information content (AvgIpc) is 2.46. The van der Waals surface area contributed by atoms with Gasteiger partial charge >= 0.3 is 0 Å². The largest absolute Gasteiger partial charge is 0.293 e. The van der Waals surface area contributed by atoms with Crippen molar-refractivity contribution < 1.29 is 9.72 Å². The second-order valence-electron chi connectivity index (χ2n) is 4.13. The average molecular weight is 254 g/mol. The minimum atomic E-state index is -0.651. The van der Waals surface area contributed by atoms with E-state index >= 15 is 0 Å². The van der Waals surface area contributed by atoms with Crippen LogP contribution in [0.15, 0.2) is 54.6 Å². The number of hydrogen-bond acceptors (Lipinski definition) is 3. The van der Waals surface area contributed by atoms with Crippen LogP contribution >= 0.6 is 0 Å². The van der Waals surface area contributed by atoms with Gasteiger partial charge in [-0.1, -0.05) is 42.5 Å². The van der Waals surface area contributed by atoms with Crippen molar-refractivity contribution >= 4 is 11.5 Å². The predicted molar refractivity (Wildman–Crippen MR) is 72.0 cm³/mol. The smallest absolute Gasteiger partial charge is 0.269 e. The van der Waals surface area contributed by atoms with Gasteiger partial charge in [0.05, 0.1) is 4.92 Å². The Balaban J connectivity index is 2.29. The molecule has 4 nitrogen and oxygen atoms in total. The number of carbonyl (C=O) groups excluding carboxylic acids is 1. The van der Waals surface area contributed by atoms with Crippen LogP contribution < -0.4 is 0 Å². The SMILES string of the molecule is [CH2]C(C(=O)c1ccccc1)c1cccc([N+](=O)[O-])c1. The number of ketones is 1. The van der Waals surface area contributed by atoms with Crippen LogP contribution in [0.25, 0.3) is 0 Å². The monoisotopic (exact) mass is 254 g/mol. The zero-order chi connectivity index (χ0) is 13.8. The second kappa shape index (κ2) is 5.44. The van der Waals surface area contributed by atoms with E-state index in [-0.39, 0.29) is 11.5 Å². The standard InChI is InChI=1S/C15H12NO3/c1-11(15(17)12-6-3-2-4-7-12)13-8-5-9-14(10-13)16(18)19/h2-11H,1H2. The molecule has 2 rings (SSSR count). The quantitative estimate of drug-likeness (QED) is 0.477. The third kappa shape index (κ3) is 2.85. The lowest BCUT2D eigenvalue weighted by atomic mass is 9.92. The number of non-ortho nitro benzene ring substituents is 1. The summed E-state index contributed by atoms with van der Waals surface area (Å²) in [6.07, 6.45) is 0. The van der Waals surface area contributed by atoms with E-state index in [0.717, 1.165) is 0 Å². The van der Waals surface area contributed by atoms with Gasteiger partial charge in [0.25, 0.3) is 5.69 Å². The van der Waals surface area contributed by atoms with Crippen LogP contribution in [0, 0.1) is 17.0 Å². The molecule has 0 aliphatic rings. The van der Waals surface area contributed by atoms with Crippen LogP contribution in [-0.4, -0.2) is 10.7 Å². The Kier molecular flexibility index (Phi) is 3.71. The van der Waals surface area contributed by atoms with E-state index in [0.29, 0.717) is 11.1 Å². The van der Waals surface area contributed by atoms with Crippen LogP contribution in [-0.2, 0) is 0 Å². The number of nitrogens with zero attached hydrogens (tertiary/aromatic N) is 1. The third-order valence-corrected chi connectivity index (χ3v) is 2.86. The van der Waals surface area contributed by atoms with Gasteiger partial charge < -0.3 is 0 Å². The van der Waals surface area contributed by atoms with Gasteiger partial charge in [0, 0.05) is 23.6 Å². The summed E-state index contributed by atoms with van der Waals surface area (Å²) in [5.74, 6) is -0.802. The van der Waals surface area contributed by atoms with E-state index in [1.807, 2.05) is 6.07 Å². The Morgan fingerprint density at radius 1 is 1.11 bits per heavy atom. The van der Waals surface area contributed by atoms with Crippen molar-refractivity contribution in [3.05, 3.63) is 82.8 Å². The van der Waals surface area contributed by atoms with Crippen molar-refractivity contribution in [1.82, 2.24) is 0 Å². The lowest BCUT2D eigenvalue weighted by Crippen LogP contribution is -2.10. The fraction of sp³-hybridized carbons (Fsp3) is 0.0667. The number of hydrogen-bond donors (Lipinski definition) is 0. The molecule has 95 valence electrons. The summed E-state index contributed by atoms with van der Waals surface area (Å²) >= 11 is 0. The molecule has 2 aromatic carbocycles. The van der Waals surface area contributed by atoms with E-state index in [1.54, 1.807) is 36.4 Å². The summed E-state index contributed by atoms with van der Waals surface area (Å²) < 4.78 is 0. The zero-order valence-corrected chi connectivity index (χ0v) is 10.2. The van der Waals surface area contributed by atoms with Crippen LogP contribution in [0.4, 0.5) is 5.69 Å². The van der Waals surface area contributed by atoms with Gasteiger partial charge in [0.15, 0.2) is 5.78 Å². The number of carbonyl (C=O) groups is 1. The molecular formula is C15H12NO3. The highest BCUT2D eigenvalue weighted by atomic mass is 16.6.